The SMILES string of the molecule is COC(=O)CCC(=O)NC(C)C(=O)NC(C)C(=O)N1CCCC1C(=O)N1CCCC1C(=O)Nc1ccc([N+](=O)[O-])cc1. The van der Waals surface area contributed by atoms with Crippen LogP contribution in [0.15, 0.2) is 24.3 Å². The monoisotopic (exact) mass is 588 g/mol. The summed E-state index contributed by atoms with van der Waals surface area (Å²) in [5, 5.41) is 18.6. The topological polar surface area (TPSA) is 197 Å². The maximum absolute atomic E-state index is 13.6. The van der Waals surface area contributed by atoms with Gasteiger partial charge in [-0.2, -0.15) is 0 Å². The van der Waals surface area contributed by atoms with Crippen LogP contribution >= 0.6 is 0 Å². The number of nitrogens with zero attached hydrogens (tertiary/aromatic N) is 3. The molecule has 4 unspecified atom stereocenters. The predicted octanol–water partition coefficient (Wildman–Crippen LogP) is 0.478. The Morgan fingerprint density at radius 1 is 0.929 bits per heavy atom. The number of benzene rings is 1. The smallest absolute Gasteiger partial charge is 0.306 e. The number of anilines is 1. The first-order chi connectivity index (χ1) is 19.9. The fraction of sp³-hybridized carbons (Fsp3) is 0.556. The molecular formula is C27H36N6O9. The highest BCUT2D eigenvalue weighted by molar-refractivity contribution is 5.99. The number of likely N-dealkylation sites (tertiary alicyclic amines) is 2. The number of nitrogens with one attached hydrogen (secondary N) is 3. The van der Waals surface area contributed by atoms with Crippen molar-refractivity contribution in [2.75, 3.05) is 25.5 Å². The maximum atomic E-state index is 13.6. The van der Waals surface area contributed by atoms with Crippen LogP contribution < -0.4 is 16.0 Å². The second-order valence-corrected chi connectivity index (χ2v) is 10.3. The molecule has 0 aromatic heterocycles. The lowest BCUT2D eigenvalue weighted by Crippen LogP contribution is -2.56. The van der Waals surface area contributed by atoms with Crippen molar-refractivity contribution in [1.82, 2.24) is 20.4 Å². The molecule has 1 aromatic rings. The highest BCUT2D eigenvalue weighted by Gasteiger charge is 2.43. The van der Waals surface area contributed by atoms with Crippen LogP contribution in [0, 0.1) is 10.1 Å². The van der Waals surface area contributed by atoms with E-state index in [0.29, 0.717) is 44.5 Å². The van der Waals surface area contributed by atoms with E-state index < -0.39 is 58.7 Å². The summed E-state index contributed by atoms with van der Waals surface area (Å²) in [5.74, 6) is -2.92. The van der Waals surface area contributed by atoms with Gasteiger partial charge in [-0.15, -0.1) is 0 Å². The lowest BCUT2D eigenvalue weighted by atomic mass is 10.1. The van der Waals surface area contributed by atoms with Crippen LogP contribution in [0.3, 0.4) is 0 Å². The number of carbonyl (C=O) groups excluding carboxylic acids is 6. The van der Waals surface area contributed by atoms with Crippen LogP contribution in [0.2, 0.25) is 0 Å². The van der Waals surface area contributed by atoms with Gasteiger partial charge in [0.2, 0.25) is 29.5 Å². The third-order valence-corrected chi connectivity index (χ3v) is 7.29. The van der Waals surface area contributed by atoms with Crippen molar-refractivity contribution in [3.8, 4) is 0 Å². The Hall–Kier alpha value is -4.56. The molecule has 3 N–H and O–H groups in total. The van der Waals surface area contributed by atoms with Crippen molar-refractivity contribution in [2.45, 2.75) is 76.5 Å². The normalized spacial score (nSPS) is 19.4. The van der Waals surface area contributed by atoms with Gasteiger partial charge in [0.25, 0.3) is 5.69 Å². The Balaban J connectivity index is 1.57. The van der Waals surface area contributed by atoms with Crippen LogP contribution in [-0.2, 0) is 33.5 Å². The lowest BCUT2D eigenvalue weighted by molar-refractivity contribution is -0.384. The van der Waals surface area contributed by atoms with Crippen LogP contribution in [0.25, 0.3) is 0 Å². The molecule has 2 heterocycles. The van der Waals surface area contributed by atoms with Crippen molar-refractivity contribution in [2.24, 2.45) is 0 Å². The molecule has 3 rings (SSSR count). The number of esters is 1. The molecule has 0 spiro atoms. The van der Waals surface area contributed by atoms with E-state index in [1.54, 1.807) is 0 Å². The van der Waals surface area contributed by atoms with E-state index in [-0.39, 0.29) is 24.4 Å². The van der Waals surface area contributed by atoms with Crippen molar-refractivity contribution >= 4 is 46.9 Å². The Labute approximate surface area is 242 Å². The van der Waals surface area contributed by atoms with Crippen molar-refractivity contribution in [1.29, 1.82) is 0 Å². The summed E-state index contributed by atoms with van der Waals surface area (Å²) in [6.07, 6.45) is 1.72. The minimum absolute atomic E-state index is 0.114. The van der Waals surface area contributed by atoms with Crippen molar-refractivity contribution < 1.29 is 38.4 Å². The molecule has 2 saturated heterocycles. The Morgan fingerprint density at radius 3 is 2.17 bits per heavy atom. The number of non-ortho nitro benzene ring substituents is 1. The first-order valence-electron chi connectivity index (χ1n) is 13.8. The predicted molar refractivity (Wildman–Crippen MR) is 148 cm³/mol. The average molecular weight is 589 g/mol. The fourth-order valence-electron chi connectivity index (χ4n) is 5.02. The van der Waals surface area contributed by atoms with Gasteiger partial charge in [-0.3, -0.25) is 38.9 Å². The molecule has 0 bridgehead atoms. The first kappa shape index (κ1) is 32.0. The molecule has 4 atom stereocenters. The molecule has 1 aromatic carbocycles. The minimum atomic E-state index is -0.986. The molecule has 15 nitrogen and oxygen atoms in total. The lowest BCUT2D eigenvalue weighted by Gasteiger charge is -2.32. The zero-order valence-electron chi connectivity index (χ0n) is 23.8. The summed E-state index contributed by atoms with van der Waals surface area (Å²) in [4.78, 5) is 88.9. The summed E-state index contributed by atoms with van der Waals surface area (Å²) in [7, 11) is 1.21. The zero-order valence-corrected chi connectivity index (χ0v) is 23.8. The molecular weight excluding hydrogens is 552 g/mol. The highest BCUT2D eigenvalue weighted by atomic mass is 16.6. The molecule has 15 heteroatoms. The van der Waals surface area contributed by atoms with Crippen LogP contribution in [-0.4, -0.2) is 94.6 Å². The second kappa shape index (κ2) is 14.4. The van der Waals surface area contributed by atoms with E-state index in [1.165, 1.54) is 55.0 Å². The van der Waals surface area contributed by atoms with Crippen LogP contribution in [0.1, 0.15) is 52.4 Å². The molecule has 0 saturated carbocycles. The van der Waals surface area contributed by atoms with E-state index >= 15 is 0 Å². The Kier molecular flexibility index (Phi) is 10.9. The van der Waals surface area contributed by atoms with Gasteiger partial charge >= 0.3 is 5.97 Å². The van der Waals surface area contributed by atoms with E-state index in [4.69, 9.17) is 0 Å². The van der Waals surface area contributed by atoms with Gasteiger partial charge < -0.3 is 30.5 Å². The van der Waals surface area contributed by atoms with E-state index in [0.717, 1.165) is 0 Å². The van der Waals surface area contributed by atoms with Gasteiger partial charge in [-0.1, -0.05) is 0 Å². The molecule has 2 fully saturated rings. The number of amides is 5. The zero-order chi connectivity index (χ0) is 31.0. The third-order valence-electron chi connectivity index (χ3n) is 7.29. The summed E-state index contributed by atoms with van der Waals surface area (Å²) in [6.45, 7) is 3.58. The number of nitro benzene ring substituents is 1. The van der Waals surface area contributed by atoms with Crippen molar-refractivity contribution in [3.05, 3.63) is 34.4 Å². The van der Waals surface area contributed by atoms with Gasteiger partial charge in [-0.05, 0) is 51.7 Å². The van der Waals surface area contributed by atoms with Gasteiger partial charge in [0.1, 0.15) is 24.2 Å². The highest BCUT2D eigenvalue weighted by Crippen LogP contribution is 2.26. The van der Waals surface area contributed by atoms with Gasteiger partial charge in [0, 0.05) is 37.3 Å². The number of ether oxygens (including phenoxy) is 1. The number of hydrogen-bond donors (Lipinski definition) is 3. The quantitative estimate of drug-likeness (QED) is 0.187. The Morgan fingerprint density at radius 2 is 1.55 bits per heavy atom. The van der Waals surface area contributed by atoms with E-state index in [2.05, 4.69) is 20.7 Å². The largest absolute Gasteiger partial charge is 0.469 e. The summed E-state index contributed by atoms with van der Waals surface area (Å²) >= 11 is 0. The van der Waals surface area contributed by atoms with E-state index in [1.807, 2.05) is 0 Å². The van der Waals surface area contributed by atoms with E-state index in [9.17, 15) is 38.9 Å². The number of carbonyl (C=O) groups is 6. The van der Waals surface area contributed by atoms with Gasteiger partial charge in [-0.25, -0.2) is 0 Å². The summed E-state index contributed by atoms with van der Waals surface area (Å²) < 4.78 is 4.48. The maximum Gasteiger partial charge on any atom is 0.306 e. The average Bonchev–Trinajstić information content (AvgIpc) is 3.66. The molecule has 2 aliphatic rings. The molecule has 2 aliphatic heterocycles. The van der Waals surface area contributed by atoms with Crippen LogP contribution in [0.5, 0.6) is 0 Å². The Bertz CT molecular complexity index is 1220. The van der Waals surface area contributed by atoms with Gasteiger partial charge in [0.05, 0.1) is 18.5 Å². The number of methoxy groups -OCH3 is 1. The summed E-state index contributed by atoms with van der Waals surface area (Å²) in [5.41, 5.74) is 0.248. The molecule has 42 heavy (non-hydrogen) atoms. The van der Waals surface area contributed by atoms with Crippen LogP contribution in [0.4, 0.5) is 11.4 Å². The number of hydrogen-bond acceptors (Lipinski definition) is 9. The molecule has 228 valence electrons. The molecule has 5 amide bonds. The molecule has 0 aliphatic carbocycles. The third kappa shape index (κ3) is 8.01. The van der Waals surface area contributed by atoms with Crippen molar-refractivity contribution in [3.63, 3.8) is 0 Å². The number of rotatable bonds is 11. The standard InChI is InChI=1S/C27H36N6O9/c1-16(28-22(34)12-13-23(35)42-3)24(36)29-17(2)26(38)32-15-5-7-21(32)27(39)31-14-4-6-20(31)25(37)30-18-8-10-19(11-9-18)33(40)41/h8-11,16-17,20-21H,4-7,12-15H2,1-3H3,(H,28,34)(H,29,36)(H,30,37). The number of nitro groups is 1. The minimum Gasteiger partial charge on any atom is -0.469 e. The molecule has 0 radical (unpaired) electrons. The second-order valence-electron chi connectivity index (χ2n) is 10.3. The summed E-state index contributed by atoms with van der Waals surface area (Å²) in [6, 6.07) is 1.87. The first-order valence-corrected chi connectivity index (χ1v) is 13.8. The fourth-order valence-corrected chi connectivity index (χ4v) is 5.02. The van der Waals surface area contributed by atoms with Gasteiger partial charge in [0.15, 0.2) is 0 Å².